The van der Waals surface area contributed by atoms with Crippen molar-refractivity contribution in [1.29, 1.82) is 0 Å². The second kappa shape index (κ2) is 14.4. The minimum atomic E-state index is -0.888. The molecule has 10 nitrogen and oxygen atoms in total. The van der Waals surface area contributed by atoms with Gasteiger partial charge in [0.05, 0.1) is 33.2 Å². The van der Waals surface area contributed by atoms with Gasteiger partial charge in [-0.1, -0.05) is 23.2 Å². The Bertz CT molecular complexity index is 1170. The third kappa shape index (κ3) is 9.02. The molecule has 0 saturated carbocycles. The van der Waals surface area contributed by atoms with Gasteiger partial charge in [0.2, 0.25) is 0 Å². The monoisotopic (exact) mass is 662 g/mol. The number of nitrogens with zero attached hydrogens (tertiary/aromatic N) is 1. The minimum Gasteiger partial charge on any atom is -0.490 e. The number of rotatable bonds is 10. The Labute approximate surface area is 237 Å². The van der Waals surface area contributed by atoms with E-state index in [1.807, 2.05) is 29.5 Å². The highest BCUT2D eigenvalue weighted by atomic mass is 127. The van der Waals surface area contributed by atoms with Gasteiger partial charge in [-0.3, -0.25) is 14.4 Å². The van der Waals surface area contributed by atoms with E-state index in [-0.39, 0.29) is 19.3 Å². The molecule has 0 bridgehead atoms. The number of amides is 3. The fourth-order valence-corrected chi connectivity index (χ4v) is 4.53. The van der Waals surface area contributed by atoms with Crippen LogP contribution in [0.5, 0.6) is 11.5 Å². The highest BCUT2D eigenvalue weighted by Gasteiger charge is 2.19. The van der Waals surface area contributed by atoms with Crippen molar-refractivity contribution in [2.24, 2.45) is 5.10 Å². The maximum Gasteiger partial charge on any atom is 0.329 e. The zero-order valence-electron chi connectivity index (χ0n) is 19.8. The Hall–Kier alpha value is -2.61. The first-order valence-electron chi connectivity index (χ1n) is 11.3. The van der Waals surface area contributed by atoms with E-state index in [1.165, 1.54) is 12.3 Å². The number of benzene rings is 2. The third-order valence-corrected chi connectivity index (χ3v) is 6.33. The highest BCUT2D eigenvalue weighted by Crippen LogP contribution is 2.34. The number of ether oxygens (including phenoxy) is 3. The summed E-state index contributed by atoms with van der Waals surface area (Å²) in [6, 6.07) is 8.09. The summed E-state index contributed by atoms with van der Waals surface area (Å²) in [5.41, 5.74) is 3.19. The lowest BCUT2D eigenvalue weighted by atomic mass is 10.2. The standard InChI is InChI=1S/C24H25Cl2IN4O6/c1-2-35-20-9-14(11-29-31-24(34)23(33)28-12-16-4-3-7-36-16)8-18(27)22(20)37-13-21(32)30-19-6-5-15(25)10-17(19)26/h5-6,8-11,16H,2-4,7,12-13H2,1H3,(H,28,33)(H,30,32)(H,31,34)/b29-11-/t16-/m1/s1. The van der Waals surface area contributed by atoms with Crippen LogP contribution in [0.1, 0.15) is 25.3 Å². The van der Waals surface area contributed by atoms with E-state index in [0.29, 0.717) is 49.6 Å². The molecule has 3 N–H and O–H groups in total. The molecule has 1 aliphatic rings. The van der Waals surface area contributed by atoms with Crippen LogP contribution in [0.15, 0.2) is 35.4 Å². The summed E-state index contributed by atoms with van der Waals surface area (Å²) in [5, 5.41) is 9.80. The van der Waals surface area contributed by atoms with Gasteiger partial charge in [-0.15, -0.1) is 0 Å². The first kappa shape index (κ1) is 29.0. The van der Waals surface area contributed by atoms with Crippen molar-refractivity contribution in [3.8, 4) is 11.5 Å². The molecule has 3 rings (SSSR count). The first-order valence-corrected chi connectivity index (χ1v) is 13.2. The second-order valence-electron chi connectivity index (χ2n) is 7.77. The quantitative estimate of drug-likeness (QED) is 0.154. The number of hydrogen-bond acceptors (Lipinski definition) is 7. The predicted molar refractivity (Wildman–Crippen MR) is 149 cm³/mol. The van der Waals surface area contributed by atoms with Crippen molar-refractivity contribution < 1.29 is 28.6 Å². The Morgan fingerprint density at radius 1 is 1.19 bits per heavy atom. The molecule has 0 aromatic heterocycles. The number of hydrogen-bond donors (Lipinski definition) is 3. The van der Waals surface area contributed by atoms with Crippen LogP contribution in [0.2, 0.25) is 10.0 Å². The zero-order valence-corrected chi connectivity index (χ0v) is 23.5. The lowest BCUT2D eigenvalue weighted by Crippen LogP contribution is -2.41. The van der Waals surface area contributed by atoms with Gasteiger partial charge in [0.15, 0.2) is 18.1 Å². The van der Waals surface area contributed by atoms with E-state index in [4.69, 9.17) is 37.4 Å². The van der Waals surface area contributed by atoms with E-state index in [0.717, 1.165) is 12.8 Å². The van der Waals surface area contributed by atoms with E-state index < -0.39 is 17.7 Å². The molecule has 0 spiro atoms. The van der Waals surface area contributed by atoms with E-state index in [9.17, 15) is 14.4 Å². The summed E-state index contributed by atoms with van der Waals surface area (Å²) in [5.74, 6) is -1.35. The van der Waals surface area contributed by atoms with E-state index in [2.05, 4.69) is 21.2 Å². The molecule has 3 amide bonds. The van der Waals surface area contributed by atoms with Crippen LogP contribution >= 0.6 is 45.8 Å². The molecule has 1 heterocycles. The molecule has 2 aromatic carbocycles. The van der Waals surface area contributed by atoms with Gasteiger partial charge in [-0.25, -0.2) is 5.43 Å². The molecule has 2 aromatic rings. The molecular weight excluding hydrogens is 638 g/mol. The van der Waals surface area contributed by atoms with Crippen molar-refractivity contribution in [3.05, 3.63) is 49.5 Å². The SMILES string of the molecule is CCOc1cc(/C=N\NC(=O)C(=O)NC[C@H]2CCCO2)cc(I)c1OCC(=O)Nc1ccc(Cl)cc1Cl. The number of carbonyl (C=O) groups excluding carboxylic acids is 3. The summed E-state index contributed by atoms with van der Waals surface area (Å²) in [6.45, 7) is 2.80. The molecule has 1 saturated heterocycles. The molecule has 198 valence electrons. The predicted octanol–water partition coefficient (Wildman–Crippen LogP) is 3.76. The number of nitrogens with one attached hydrogen (secondary N) is 3. The van der Waals surface area contributed by atoms with E-state index >= 15 is 0 Å². The third-order valence-electron chi connectivity index (χ3n) is 4.98. The second-order valence-corrected chi connectivity index (χ2v) is 9.77. The average molecular weight is 663 g/mol. The topological polar surface area (TPSA) is 127 Å². The summed E-state index contributed by atoms with van der Waals surface area (Å²) in [7, 11) is 0. The molecule has 0 aliphatic carbocycles. The first-order chi connectivity index (χ1) is 17.8. The number of halogens is 3. The fraction of sp³-hybridized carbons (Fsp3) is 0.333. The van der Waals surface area contributed by atoms with Crippen LogP contribution in [0, 0.1) is 3.57 Å². The molecule has 1 fully saturated rings. The van der Waals surface area contributed by atoms with Gasteiger partial charge in [0, 0.05) is 18.2 Å². The Balaban J connectivity index is 1.57. The lowest BCUT2D eigenvalue weighted by molar-refractivity contribution is -0.139. The molecule has 13 heteroatoms. The molecule has 1 atom stereocenters. The minimum absolute atomic E-state index is 0.0682. The average Bonchev–Trinajstić information content (AvgIpc) is 3.37. The maximum atomic E-state index is 12.4. The van der Waals surface area contributed by atoms with Gasteiger partial charge in [-0.05, 0) is 78.3 Å². The van der Waals surface area contributed by atoms with Crippen molar-refractivity contribution in [1.82, 2.24) is 10.7 Å². The van der Waals surface area contributed by atoms with Crippen LogP contribution in [0.25, 0.3) is 0 Å². The van der Waals surface area contributed by atoms with Crippen molar-refractivity contribution in [3.63, 3.8) is 0 Å². The van der Waals surface area contributed by atoms with Gasteiger partial charge >= 0.3 is 11.8 Å². The molecule has 1 aliphatic heterocycles. The Kier molecular flexibility index (Phi) is 11.2. The summed E-state index contributed by atoms with van der Waals surface area (Å²) in [4.78, 5) is 36.3. The van der Waals surface area contributed by atoms with Crippen LogP contribution in [0.3, 0.4) is 0 Å². The van der Waals surface area contributed by atoms with Crippen molar-refractivity contribution >= 4 is 75.4 Å². The van der Waals surface area contributed by atoms with Gasteiger partial charge in [0.25, 0.3) is 5.91 Å². The summed E-state index contributed by atoms with van der Waals surface area (Å²) >= 11 is 14.0. The molecular formula is C24H25Cl2IN4O6. The van der Waals surface area contributed by atoms with Crippen LogP contribution in [-0.4, -0.2) is 56.4 Å². The molecule has 0 unspecified atom stereocenters. The molecule has 0 radical (unpaired) electrons. The Morgan fingerprint density at radius 3 is 2.70 bits per heavy atom. The Morgan fingerprint density at radius 2 is 2.00 bits per heavy atom. The van der Waals surface area contributed by atoms with Crippen LogP contribution < -0.4 is 25.5 Å². The van der Waals surface area contributed by atoms with E-state index in [1.54, 1.807) is 24.3 Å². The number of carbonyl (C=O) groups is 3. The van der Waals surface area contributed by atoms with Gasteiger partial charge < -0.3 is 24.8 Å². The summed E-state index contributed by atoms with van der Waals surface area (Å²) < 4.78 is 17.4. The molecule has 37 heavy (non-hydrogen) atoms. The van der Waals surface area contributed by atoms with Crippen molar-refractivity contribution in [2.75, 3.05) is 31.7 Å². The van der Waals surface area contributed by atoms with Crippen LogP contribution in [0.4, 0.5) is 5.69 Å². The van der Waals surface area contributed by atoms with Crippen molar-refractivity contribution in [2.45, 2.75) is 25.9 Å². The smallest absolute Gasteiger partial charge is 0.329 e. The zero-order chi connectivity index (χ0) is 26.8. The van der Waals surface area contributed by atoms with Gasteiger partial charge in [-0.2, -0.15) is 5.10 Å². The maximum absolute atomic E-state index is 12.4. The number of anilines is 1. The lowest BCUT2D eigenvalue weighted by Gasteiger charge is -2.15. The van der Waals surface area contributed by atoms with Gasteiger partial charge in [0.1, 0.15) is 0 Å². The highest BCUT2D eigenvalue weighted by molar-refractivity contribution is 14.1. The fourth-order valence-electron chi connectivity index (χ4n) is 3.29. The van der Waals surface area contributed by atoms with Crippen LogP contribution in [-0.2, 0) is 19.1 Å². The normalized spacial score (nSPS) is 14.9. The number of hydrazone groups is 1. The summed E-state index contributed by atoms with van der Waals surface area (Å²) in [6.07, 6.45) is 3.09. The largest absolute Gasteiger partial charge is 0.490 e.